The van der Waals surface area contributed by atoms with E-state index in [4.69, 9.17) is 16.3 Å². The summed E-state index contributed by atoms with van der Waals surface area (Å²) in [6, 6.07) is 11.1. The molecule has 0 spiro atoms. The molecule has 130 valence electrons. The SMILES string of the molecule is Cc1cc(C)cc(OC(=O)[C@H]2CC(=O)N(c3ccc(C)c(Cl)c3)C2)c1. The number of carbonyl (C=O) groups excluding carboxylic acids is 2. The predicted octanol–water partition coefficient (Wildman–Crippen LogP) is 4.22. The molecule has 0 N–H and O–H groups in total. The third-order valence-corrected chi connectivity index (χ3v) is 4.75. The fraction of sp³-hybridized carbons (Fsp3) is 0.300. The van der Waals surface area contributed by atoms with Gasteiger partial charge in [0.15, 0.2) is 0 Å². The zero-order valence-corrected chi connectivity index (χ0v) is 15.3. The van der Waals surface area contributed by atoms with Crippen molar-refractivity contribution in [1.82, 2.24) is 0 Å². The van der Waals surface area contributed by atoms with Gasteiger partial charge in [0, 0.05) is 23.7 Å². The van der Waals surface area contributed by atoms with E-state index in [1.807, 2.05) is 51.1 Å². The number of hydrogen-bond donors (Lipinski definition) is 0. The first-order valence-corrected chi connectivity index (χ1v) is 8.58. The van der Waals surface area contributed by atoms with Crippen molar-refractivity contribution in [2.45, 2.75) is 27.2 Å². The Labute approximate surface area is 152 Å². The summed E-state index contributed by atoms with van der Waals surface area (Å²) in [5, 5.41) is 0.603. The Morgan fingerprint density at radius 2 is 1.80 bits per heavy atom. The van der Waals surface area contributed by atoms with Crippen molar-refractivity contribution < 1.29 is 14.3 Å². The van der Waals surface area contributed by atoms with Gasteiger partial charge in [0.05, 0.1) is 5.92 Å². The van der Waals surface area contributed by atoms with E-state index < -0.39 is 5.92 Å². The summed E-state index contributed by atoms with van der Waals surface area (Å²) in [4.78, 5) is 26.4. The molecule has 1 saturated heterocycles. The summed E-state index contributed by atoms with van der Waals surface area (Å²) in [5.41, 5.74) is 3.72. The lowest BCUT2D eigenvalue weighted by Crippen LogP contribution is -2.27. The minimum atomic E-state index is -0.478. The van der Waals surface area contributed by atoms with Crippen molar-refractivity contribution in [1.29, 1.82) is 0 Å². The Kier molecular flexibility index (Phi) is 4.82. The molecule has 1 fully saturated rings. The molecule has 2 aromatic rings. The van der Waals surface area contributed by atoms with Gasteiger partial charge in [-0.05, 0) is 61.7 Å². The Morgan fingerprint density at radius 3 is 2.44 bits per heavy atom. The highest BCUT2D eigenvalue weighted by atomic mass is 35.5. The second kappa shape index (κ2) is 6.89. The van der Waals surface area contributed by atoms with Crippen LogP contribution >= 0.6 is 11.6 Å². The van der Waals surface area contributed by atoms with Gasteiger partial charge in [-0.25, -0.2) is 0 Å². The van der Waals surface area contributed by atoms with Gasteiger partial charge >= 0.3 is 5.97 Å². The third-order valence-electron chi connectivity index (χ3n) is 4.34. The molecular weight excluding hydrogens is 338 g/mol. The number of anilines is 1. The summed E-state index contributed by atoms with van der Waals surface area (Å²) >= 11 is 6.15. The molecular formula is C20H20ClNO3. The van der Waals surface area contributed by atoms with E-state index >= 15 is 0 Å². The summed E-state index contributed by atoms with van der Waals surface area (Å²) < 4.78 is 5.49. The van der Waals surface area contributed by atoms with E-state index in [1.165, 1.54) is 0 Å². The molecule has 0 unspecified atom stereocenters. The van der Waals surface area contributed by atoms with Crippen LogP contribution in [0.2, 0.25) is 5.02 Å². The number of nitrogens with zero attached hydrogens (tertiary/aromatic N) is 1. The molecule has 1 aliphatic rings. The van der Waals surface area contributed by atoms with Gasteiger partial charge < -0.3 is 9.64 Å². The number of esters is 1. The number of halogens is 1. The van der Waals surface area contributed by atoms with Crippen LogP contribution in [-0.4, -0.2) is 18.4 Å². The minimum absolute atomic E-state index is 0.0951. The Balaban J connectivity index is 1.73. The molecule has 25 heavy (non-hydrogen) atoms. The number of amides is 1. The fourth-order valence-electron chi connectivity index (χ4n) is 3.06. The maximum absolute atomic E-state index is 12.5. The Morgan fingerprint density at radius 1 is 1.12 bits per heavy atom. The lowest BCUT2D eigenvalue weighted by atomic mass is 10.1. The van der Waals surface area contributed by atoms with Crippen LogP contribution in [0.1, 0.15) is 23.1 Å². The summed E-state index contributed by atoms with van der Waals surface area (Å²) in [6.07, 6.45) is 0.148. The standard InChI is InChI=1S/C20H20ClNO3/c1-12-6-13(2)8-17(7-12)25-20(24)15-9-19(23)22(11-15)16-5-4-14(3)18(21)10-16/h4-8,10,15H,9,11H2,1-3H3/t15-/m0/s1. The number of hydrogen-bond acceptors (Lipinski definition) is 3. The van der Waals surface area contributed by atoms with Crippen molar-refractivity contribution in [3.8, 4) is 5.75 Å². The number of rotatable bonds is 3. The van der Waals surface area contributed by atoms with Gasteiger partial charge in [-0.1, -0.05) is 23.7 Å². The molecule has 4 nitrogen and oxygen atoms in total. The fourth-order valence-corrected chi connectivity index (χ4v) is 3.23. The van der Waals surface area contributed by atoms with Gasteiger partial charge in [0.1, 0.15) is 5.75 Å². The van der Waals surface area contributed by atoms with E-state index in [0.717, 1.165) is 16.7 Å². The van der Waals surface area contributed by atoms with Gasteiger partial charge in [-0.2, -0.15) is 0 Å². The molecule has 1 aliphatic heterocycles. The zero-order valence-electron chi connectivity index (χ0n) is 14.5. The van der Waals surface area contributed by atoms with Gasteiger partial charge in [-0.3, -0.25) is 9.59 Å². The van der Waals surface area contributed by atoms with Crippen LogP contribution in [0.25, 0.3) is 0 Å². The predicted molar refractivity (Wildman–Crippen MR) is 98.2 cm³/mol. The summed E-state index contributed by atoms with van der Waals surface area (Å²) in [5.74, 6) is -0.429. The first-order chi connectivity index (χ1) is 11.8. The molecule has 0 bridgehead atoms. The molecule has 1 heterocycles. The average Bonchev–Trinajstić information content (AvgIpc) is 2.91. The molecule has 1 atom stereocenters. The summed E-state index contributed by atoms with van der Waals surface area (Å²) in [6.45, 7) is 6.11. The molecule has 0 saturated carbocycles. The Hall–Kier alpha value is -2.33. The first-order valence-electron chi connectivity index (χ1n) is 8.20. The van der Waals surface area contributed by atoms with Crippen LogP contribution in [0.3, 0.4) is 0 Å². The lowest BCUT2D eigenvalue weighted by molar-refractivity contribution is -0.139. The monoisotopic (exact) mass is 357 g/mol. The van der Waals surface area contributed by atoms with E-state index in [-0.39, 0.29) is 18.3 Å². The van der Waals surface area contributed by atoms with Crippen molar-refractivity contribution in [2.75, 3.05) is 11.4 Å². The topological polar surface area (TPSA) is 46.6 Å². The Bertz CT molecular complexity index is 827. The van der Waals surface area contributed by atoms with Gasteiger partial charge in [-0.15, -0.1) is 0 Å². The number of carbonyl (C=O) groups is 2. The maximum atomic E-state index is 12.5. The van der Waals surface area contributed by atoms with E-state index in [9.17, 15) is 9.59 Å². The highest BCUT2D eigenvalue weighted by Crippen LogP contribution is 2.29. The molecule has 3 rings (SSSR count). The molecule has 0 radical (unpaired) electrons. The van der Waals surface area contributed by atoms with Crippen LogP contribution in [0, 0.1) is 26.7 Å². The molecule has 1 amide bonds. The lowest BCUT2D eigenvalue weighted by Gasteiger charge is -2.17. The second-order valence-corrected chi connectivity index (χ2v) is 6.99. The largest absolute Gasteiger partial charge is 0.426 e. The number of ether oxygens (including phenoxy) is 1. The van der Waals surface area contributed by atoms with Crippen molar-refractivity contribution >= 4 is 29.2 Å². The van der Waals surface area contributed by atoms with Crippen LogP contribution in [0.5, 0.6) is 5.75 Å². The van der Waals surface area contributed by atoms with Gasteiger partial charge in [0.25, 0.3) is 0 Å². The highest BCUT2D eigenvalue weighted by molar-refractivity contribution is 6.31. The molecule has 0 aromatic heterocycles. The third kappa shape index (κ3) is 3.85. The molecule has 2 aromatic carbocycles. The maximum Gasteiger partial charge on any atom is 0.316 e. The van der Waals surface area contributed by atoms with E-state index in [1.54, 1.807) is 11.0 Å². The van der Waals surface area contributed by atoms with Crippen molar-refractivity contribution in [2.24, 2.45) is 5.92 Å². The van der Waals surface area contributed by atoms with Crippen molar-refractivity contribution in [3.05, 3.63) is 58.1 Å². The van der Waals surface area contributed by atoms with Crippen LogP contribution < -0.4 is 9.64 Å². The summed E-state index contributed by atoms with van der Waals surface area (Å²) in [7, 11) is 0. The second-order valence-electron chi connectivity index (χ2n) is 6.58. The number of benzene rings is 2. The molecule has 0 aliphatic carbocycles. The van der Waals surface area contributed by atoms with Crippen LogP contribution in [0.4, 0.5) is 5.69 Å². The normalized spacial score (nSPS) is 17.0. The van der Waals surface area contributed by atoms with Crippen molar-refractivity contribution in [3.63, 3.8) is 0 Å². The van der Waals surface area contributed by atoms with E-state index in [2.05, 4.69) is 0 Å². The van der Waals surface area contributed by atoms with E-state index in [0.29, 0.717) is 23.0 Å². The van der Waals surface area contributed by atoms with Crippen LogP contribution in [-0.2, 0) is 9.59 Å². The molecule has 5 heteroatoms. The smallest absolute Gasteiger partial charge is 0.316 e. The van der Waals surface area contributed by atoms with Crippen LogP contribution in [0.15, 0.2) is 36.4 Å². The average molecular weight is 358 g/mol. The zero-order chi connectivity index (χ0) is 18.1. The van der Waals surface area contributed by atoms with Gasteiger partial charge in [0.2, 0.25) is 5.91 Å². The highest BCUT2D eigenvalue weighted by Gasteiger charge is 2.36. The first kappa shape index (κ1) is 17.5. The quantitative estimate of drug-likeness (QED) is 0.610. The number of aryl methyl sites for hydroxylation is 3. The minimum Gasteiger partial charge on any atom is -0.426 e.